The molecule has 3 aromatic rings. The molecule has 188 valence electrons. The monoisotopic (exact) mass is 478 g/mol. The fourth-order valence-electron chi connectivity index (χ4n) is 5.14. The summed E-state index contributed by atoms with van der Waals surface area (Å²) in [5.74, 6) is 0.348. The van der Waals surface area contributed by atoms with Crippen LogP contribution < -0.4 is 0 Å². The molecule has 0 bridgehead atoms. The molecule has 1 aliphatic heterocycles. The van der Waals surface area contributed by atoms with Crippen LogP contribution in [0.4, 0.5) is 4.39 Å². The van der Waals surface area contributed by atoms with Gasteiger partial charge in [0.15, 0.2) is 0 Å². The lowest BCUT2D eigenvalue weighted by molar-refractivity contribution is 0.0736. The van der Waals surface area contributed by atoms with Gasteiger partial charge in [-0.25, -0.2) is 9.37 Å². The van der Waals surface area contributed by atoms with Crippen molar-refractivity contribution < 1.29 is 9.18 Å². The SMILES string of the molecule is CCCN(Cc1nc2cc(CN3CCCCCCC3)ccc2n1CCC)C(=O)c1cccc(F)c1. The van der Waals surface area contributed by atoms with Crippen LogP contribution in [0.5, 0.6) is 0 Å². The van der Waals surface area contributed by atoms with Gasteiger partial charge in [0, 0.05) is 25.2 Å². The molecule has 0 atom stereocenters. The molecule has 0 spiro atoms. The van der Waals surface area contributed by atoms with Crippen molar-refractivity contribution in [1.29, 1.82) is 0 Å². The number of aryl methyl sites for hydroxylation is 1. The molecule has 1 saturated heterocycles. The van der Waals surface area contributed by atoms with Gasteiger partial charge >= 0.3 is 0 Å². The molecule has 6 heteroatoms. The molecule has 4 rings (SSSR count). The number of imidazole rings is 1. The number of carbonyl (C=O) groups is 1. The van der Waals surface area contributed by atoms with Crippen LogP contribution in [0.1, 0.15) is 80.5 Å². The number of hydrogen-bond acceptors (Lipinski definition) is 3. The number of aromatic nitrogens is 2. The summed E-state index contributed by atoms with van der Waals surface area (Å²) in [4.78, 5) is 22.6. The highest BCUT2D eigenvalue weighted by atomic mass is 19.1. The zero-order valence-corrected chi connectivity index (χ0v) is 21.3. The predicted molar refractivity (Wildman–Crippen MR) is 140 cm³/mol. The minimum absolute atomic E-state index is 0.153. The summed E-state index contributed by atoms with van der Waals surface area (Å²) in [5, 5.41) is 0. The van der Waals surface area contributed by atoms with Crippen molar-refractivity contribution in [3.8, 4) is 0 Å². The smallest absolute Gasteiger partial charge is 0.254 e. The van der Waals surface area contributed by atoms with Crippen molar-refractivity contribution in [2.75, 3.05) is 19.6 Å². The summed E-state index contributed by atoms with van der Waals surface area (Å²) in [6.07, 6.45) is 8.42. The lowest BCUT2D eigenvalue weighted by Crippen LogP contribution is -2.32. The van der Waals surface area contributed by atoms with E-state index in [1.807, 2.05) is 0 Å². The summed E-state index contributed by atoms with van der Waals surface area (Å²) < 4.78 is 16.0. The maximum atomic E-state index is 13.8. The van der Waals surface area contributed by atoms with Crippen molar-refractivity contribution in [3.63, 3.8) is 0 Å². The minimum atomic E-state index is -0.391. The van der Waals surface area contributed by atoms with Crippen LogP contribution in [0.25, 0.3) is 11.0 Å². The Kier molecular flexibility index (Phi) is 8.91. The van der Waals surface area contributed by atoms with Gasteiger partial charge in [-0.2, -0.15) is 0 Å². The van der Waals surface area contributed by atoms with E-state index in [0.29, 0.717) is 18.7 Å². The van der Waals surface area contributed by atoms with E-state index in [2.05, 4.69) is 41.5 Å². The third-order valence-electron chi connectivity index (χ3n) is 6.88. The molecule has 1 fully saturated rings. The highest BCUT2D eigenvalue weighted by Gasteiger charge is 2.20. The van der Waals surface area contributed by atoms with Crippen LogP contribution in [0, 0.1) is 5.82 Å². The highest BCUT2D eigenvalue weighted by Crippen LogP contribution is 2.22. The van der Waals surface area contributed by atoms with Gasteiger partial charge < -0.3 is 9.47 Å². The Hall–Kier alpha value is -2.73. The molecule has 35 heavy (non-hydrogen) atoms. The number of halogens is 1. The standard InChI is InChI=1S/C29H39FN4O/c1-3-15-33(29(35)24-11-10-12-25(30)20-24)22-28-31-26-19-23(13-14-27(26)34(28)16-4-2)21-32-17-8-6-5-7-9-18-32/h10-14,19-20H,3-9,15-18,21-22H2,1-2H3. The Balaban J connectivity index is 1.58. The van der Waals surface area contributed by atoms with Crippen LogP contribution >= 0.6 is 0 Å². The predicted octanol–water partition coefficient (Wildman–Crippen LogP) is 6.40. The van der Waals surface area contributed by atoms with Gasteiger partial charge in [0.05, 0.1) is 17.6 Å². The Labute approximate surface area is 208 Å². The molecule has 0 saturated carbocycles. The van der Waals surface area contributed by atoms with E-state index in [9.17, 15) is 9.18 Å². The summed E-state index contributed by atoms with van der Waals surface area (Å²) in [5.41, 5.74) is 3.79. The van der Waals surface area contributed by atoms with Gasteiger partial charge in [-0.1, -0.05) is 45.2 Å². The van der Waals surface area contributed by atoms with Crippen molar-refractivity contribution in [2.24, 2.45) is 0 Å². The number of fused-ring (bicyclic) bond motifs is 1. The molecular weight excluding hydrogens is 439 g/mol. The van der Waals surface area contributed by atoms with E-state index in [4.69, 9.17) is 4.98 Å². The maximum absolute atomic E-state index is 13.8. The summed E-state index contributed by atoms with van der Waals surface area (Å²) in [7, 11) is 0. The normalized spacial score (nSPS) is 15.2. The molecule has 1 amide bonds. The number of amides is 1. The van der Waals surface area contributed by atoms with E-state index >= 15 is 0 Å². The maximum Gasteiger partial charge on any atom is 0.254 e. The quantitative estimate of drug-likeness (QED) is 0.357. The molecule has 1 aromatic heterocycles. The Morgan fingerprint density at radius 2 is 1.77 bits per heavy atom. The van der Waals surface area contributed by atoms with Crippen LogP contribution in [0.15, 0.2) is 42.5 Å². The van der Waals surface area contributed by atoms with Gasteiger partial charge in [0.25, 0.3) is 5.91 Å². The first kappa shape index (κ1) is 25.4. The summed E-state index contributed by atoms with van der Waals surface area (Å²) >= 11 is 0. The first-order chi connectivity index (χ1) is 17.1. The molecule has 5 nitrogen and oxygen atoms in total. The first-order valence-electron chi connectivity index (χ1n) is 13.3. The number of rotatable bonds is 9. The van der Waals surface area contributed by atoms with Crippen LogP contribution in [0.2, 0.25) is 0 Å². The fourth-order valence-corrected chi connectivity index (χ4v) is 5.14. The van der Waals surface area contributed by atoms with E-state index in [1.54, 1.807) is 17.0 Å². The summed E-state index contributed by atoms with van der Waals surface area (Å²) in [6, 6.07) is 12.6. The van der Waals surface area contributed by atoms with Crippen molar-refractivity contribution in [2.45, 2.75) is 78.4 Å². The molecule has 0 N–H and O–H groups in total. The molecular formula is C29H39FN4O. The minimum Gasteiger partial charge on any atom is -0.331 e. The Bertz CT molecular complexity index is 1120. The topological polar surface area (TPSA) is 41.4 Å². The average Bonchev–Trinajstić information content (AvgIpc) is 3.16. The molecule has 0 radical (unpaired) electrons. The molecule has 1 aliphatic rings. The second kappa shape index (κ2) is 12.3. The zero-order valence-electron chi connectivity index (χ0n) is 21.3. The number of nitrogens with zero attached hydrogens (tertiary/aromatic N) is 4. The van der Waals surface area contributed by atoms with E-state index in [-0.39, 0.29) is 5.91 Å². The second-order valence-corrected chi connectivity index (χ2v) is 9.78. The number of likely N-dealkylation sites (tertiary alicyclic amines) is 1. The largest absolute Gasteiger partial charge is 0.331 e. The molecule has 0 unspecified atom stereocenters. The molecule has 0 aliphatic carbocycles. The van der Waals surface area contributed by atoms with Crippen molar-refractivity contribution in [1.82, 2.24) is 19.4 Å². The van der Waals surface area contributed by atoms with Crippen molar-refractivity contribution in [3.05, 3.63) is 65.2 Å². The molecule has 2 aromatic carbocycles. The second-order valence-electron chi connectivity index (χ2n) is 9.78. The number of hydrogen-bond donors (Lipinski definition) is 0. The van der Waals surface area contributed by atoms with Gasteiger partial charge in [-0.15, -0.1) is 0 Å². The average molecular weight is 479 g/mol. The molecule has 2 heterocycles. The Morgan fingerprint density at radius 1 is 1.00 bits per heavy atom. The highest BCUT2D eigenvalue weighted by molar-refractivity contribution is 5.94. The third kappa shape index (κ3) is 6.49. The fraction of sp³-hybridized carbons (Fsp3) is 0.517. The lowest BCUT2D eigenvalue weighted by atomic mass is 10.1. The van der Waals surface area contributed by atoms with Gasteiger partial charge in [0.2, 0.25) is 0 Å². The van der Waals surface area contributed by atoms with Crippen LogP contribution in [-0.2, 0) is 19.6 Å². The van der Waals surface area contributed by atoms with E-state index in [0.717, 1.165) is 42.8 Å². The first-order valence-corrected chi connectivity index (χ1v) is 13.3. The zero-order chi connectivity index (χ0) is 24.6. The van der Waals surface area contributed by atoms with Gasteiger partial charge in [-0.05, 0) is 74.7 Å². The lowest BCUT2D eigenvalue weighted by Gasteiger charge is -2.24. The van der Waals surface area contributed by atoms with E-state index < -0.39 is 5.82 Å². The number of benzene rings is 2. The van der Waals surface area contributed by atoms with Crippen molar-refractivity contribution >= 4 is 16.9 Å². The van der Waals surface area contributed by atoms with Crippen LogP contribution in [-0.4, -0.2) is 44.9 Å². The van der Waals surface area contributed by atoms with Gasteiger partial charge in [0.1, 0.15) is 11.6 Å². The summed E-state index contributed by atoms with van der Waals surface area (Å²) in [6.45, 7) is 9.39. The number of carbonyl (C=O) groups excluding carboxylic acids is 1. The third-order valence-corrected chi connectivity index (χ3v) is 6.88. The van der Waals surface area contributed by atoms with E-state index in [1.165, 1.54) is 62.9 Å². The van der Waals surface area contributed by atoms with Crippen LogP contribution in [0.3, 0.4) is 0 Å². The Morgan fingerprint density at radius 3 is 2.49 bits per heavy atom. The van der Waals surface area contributed by atoms with Gasteiger partial charge in [-0.3, -0.25) is 9.69 Å².